The fourth-order valence-corrected chi connectivity index (χ4v) is 3.50. The molecule has 0 aliphatic rings. The maximum Gasteiger partial charge on any atom is 0.215 e. The molecule has 2 aromatic carbocycles. The lowest BCUT2D eigenvalue weighted by molar-refractivity contribution is 0.322. The lowest BCUT2D eigenvalue weighted by atomic mass is 10.2. The Morgan fingerprint density at radius 3 is 2.43 bits per heavy atom. The lowest BCUT2D eigenvalue weighted by Crippen LogP contribution is -2.29. The highest BCUT2D eigenvalue weighted by molar-refractivity contribution is 7.88. The summed E-state index contributed by atoms with van der Waals surface area (Å²) in [6, 6.07) is 10.1. The Hall–Kier alpha value is -1.34. The van der Waals surface area contributed by atoms with Crippen LogP contribution in [0.2, 0.25) is 10.0 Å². The standard InChI is InChI=1S/C15H14Cl2FNO3S/c16-12-2-1-11(15(17)9-12)10-23(20,21)19-7-8-22-14-5-3-13(18)4-6-14/h1-6,9,19H,7-8,10H2. The summed E-state index contributed by atoms with van der Waals surface area (Å²) in [5.74, 6) is -0.149. The van der Waals surface area contributed by atoms with Gasteiger partial charge in [-0.15, -0.1) is 0 Å². The van der Waals surface area contributed by atoms with E-state index in [4.69, 9.17) is 27.9 Å². The third-order valence-electron chi connectivity index (χ3n) is 2.87. The van der Waals surface area contributed by atoms with Gasteiger partial charge in [-0.25, -0.2) is 17.5 Å². The number of ether oxygens (including phenoxy) is 1. The molecule has 0 aromatic heterocycles. The average Bonchev–Trinajstić information content (AvgIpc) is 2.48. The van der Waals surface area contributed by atoms with Crippen molar-refractivity contribution in [3.63, 3.8) is 0 Å². The van der Waals surface area contributed by atoms with Gasteiger partial charge < -0.3 is 4.74 Å². The predicted octanol–water partition coefficient (Wildman–Crippen LogP) is 3.63. The second-order valence-electron chi connectivity index (χ2n) is 4.69. The molecule has 4 nitrogen and oxygen atoms in total. The average molecular weight is 378 g/mol. The van der Waals surface area contributed by atoms with Gasteiger partial charge >= 0.3 is 0 Å². The third-order valence-corrected chi connectivity index (χ3v) is 4.79. The van der Waals surface area contributed by atoms with Crippen molar-refractivity contribution >= 4 is 33.2 Å². The number of hydrogen-bond acceptors (Lipinski definition) is 3. The SMILES string of the molecule is O=S(=O)(Cc1ccc(Cl)cc1Cl)NCCOc1ccc(F)cc1. The third kappa shape index (κ3) is 5.99. The fourth-order valence-electron chi connectivity index (χ4n) is 1.79. The van der Waals surface area contributed by atoms with Crippen molar-refractivity contribution in [1.82, 2.24) is 4.72 Å². The molecular formula is C15H14Cl2FNO3S. The van der Waals surface area contributed by atoms with Crippen LogP contribution in [-0.2, 0) is 15.8 Å². The maximum absolute atomic E-state index is 12.7. The summed E-state index contributed by atoms with van der Waals surface area (Å²) < 4.78 is 44.4. The topological polar surface area (TPSA) is 55.4 Å². The van der Waals surface area contributed by atoms with E-state index in [1.807, 2.05) is 0 Å². The van der Waals surface area contributed by atoms with Crippen LogP contribution in [0.4, 0.5) is 4.39 Å². The van der Waals surface area contributed by atoms with Gasteiger partial charge in [0.05, 0.1) is 5.75 Å². The van der Waals surface area contributed by atoms with Crippen LogP contribution in [0.1, 0.15) is 5.56 Å². The second-order valence-corrected chi connectivity index (χ2v) is 7.34. The highest BCUT2D eigenvalue weighted by Crippen LogP contribution is 2.22. The van der Waals surface area contributed by atoms with E-state index in [0.29, 0.717) is 21.4 Å². The molecule has 0 saturated carbocycles. The molecule has 2 rings (SSSR count). The number of benzene rings is 2. The molecule has 23 heavy (non-hydrogen) atoms. The number of hydrogen-bond donors (Lipinski definition) is 1. The Morgan fingerprint density at radius 1 is 1.09 bits per heavy atom. The Bertz CT molecular complexity index is 767. The Morgan fingerprint density at radius 2 is 1.78 bits per heavy atom. The van der Waals surface area contributed by atoms with Gasteiger partial charge in [0, 0.05) is 16.6 Å². The van der Waals surface area contributed by atoms with Crippen molar-refractivity contribution in [2.45, 2.75) is 5.75 Å². The van der Waals surface area contributed by atoms with E-state index < -0.39 is 10.0 Å². The van der Waals surface area contributed by atoms with Gasteiger partial charge in [-0.1, -0.05) is 29.3 Å². The van der Waals surface area contributed by atoms with E-state index in [1.165, 1.54) is 30.3 Å². The van der Waals surface area contributed by atoms with Crippen LogP contribution in [0.3, 0.4) is 0 Å². The van der Waals surface area contributed by atoms with Gasteiger partial charge in [0.15, 0.2) is 0 Å². The molecule has 0 aliphatic carbocycles. The van der Waals surface area contributed by atoms with E-state index in [1.54, 1.807) is 12.1 Å². The summed E-state index contributed by atoms with van der Waals surface area (Å²) in [6.45, 7) is 0.212. The van der Waals surface area contributed by atoms with Crippen LogP contribution in [0.5, 0.6) is 5.75 Å². The molecule has 124 valence electrons. The van der Waals surface area contributed by atoms with Crippen molar-refractivity contribution in [2.75, 3.05) is 13.2 Å². The first kappa shape index (κ1) is 18.0. The molecule has 0 bridgehead atoms. The molecule has 8 heteroatoms. The largest absolute Gasteiger partial charge is 0.492 e. The minimum atomic E-state index is -3.55. The van der Waals surface area contributed by atoms with E-state index in [2.05, 4.69) is 4.72 Å². The highest BCUT2D eigenvalue weighted by Gasteiger charge is 2.13. The molecule has 0 spiro atoms. The van der Waals surface area contributed by atoms with Crippen molar-refractivity contribution in [3.8, 4) is 5.75 Å². The van der Waals surface area contributed by atoms with Crippen LogP contribution >= 0.6 is 23.2 Å². The molecule has 0 aliphatic heterocycles. The zero-order chi connectivity index (χ0) is 16.9. The van der Waals surface area contributed by atoms with Gasteiger partial charge in [0.2, 0.25) is 10.0 Å². The van der Waals surface area contributed by atoms with Crippen LogP contribution in [0.25, 0.3) is 0 Å². The molecule has 0 amide bonds. The first-order valence-electron chi connectivity index (χ1n) is 6.65. The van der Waals surface area contributed by atoms with Gasteiger partial charge in [-0.05, 0) is 42.0 Å². The number of halogens is 3. The van der Waals surface area contributed by atoms with Crippen LogP contribution in [0, 0.1) is 5.82 Å². The minimum Gasteiger partial charge on any atom is -0.492 e. The molecule has 0 radical (unpaired) electrons. The normalized spacial score (nSPS) is 11.4. The molecule has 2 aromatic rings. The fraction of sp³-hybridized carbons (Fsp3) is 0.200. The van der Waals surface area contributed by atoms with Crippen molar-refractivity contribution in [2.24, 2.45) is 0 Å². The summed E-state index contributed by atoms with van der Waals surface area (Å²) in [5.41, 5.74) is 0.461. The van der Waals surface area contributed by atoms with E-state index in [-0.39, 0.29) is 24.7 Å². The summed E-state index contributed by atoms with van der Waals surface area (Å²) in [4.78, 5) is 0. The van der Waals surface area contributed by atoms with E-state index in [9.17, 15) is 12.8 Å². The first-order valence-corrected chi connectivity index (χ1v) is 9.06. The van der Waals surface area contributed by atoms with Crippen LogP contribution in [-0.4, -0.2) is 21.6 Å². The monoisotopic (exact) mass is 377 g/mol. The lowest BCUT2D eigenvalue weighted by Gasteiger charge is -2.09. The van der Waals surface area contributed by atoms with Crippen molar-refractivity contribution in [1.29, 1.82) is 0 Å². The molecular weight excluding hydrogens is 364 g/mol. The number of nitrogens with one attached hydrogen (secondary N) is 1. The molecule has 0 saturated heterocycles. The minimum absolute atomic E-state index is 0.0882. The molecule has 0 unspecified atom stereocenters. The Balaban J connectivity index is 1.83. The summed E-state index contributed by atoms with van der Waals surface area (Å²) in [5, 5.41) is 0.738. The van der Waals surface area contributed by atoms with Crippen molar-refractivity contribution in [3.05, 3.63) is 63.9 Å². The van der Waals surface area contributed by atoms with Gasteiger partial charge in [-0.3, -0.25) is 0 Å². The predicted molar refractivity (Wildman–Crippen MR) is 89.0 cm³/mol. The maximum atomic E-state index is 12.7. The molecule has 0 fully saturated rings. The second kappa shape index (κ2) is 7.97. The van der Waals surface area contributed by atoms with Crippen LogP contribution in [0.15, 0.2) is 42.5 Å². The molecule has 0 atom stereocenters. The van der Waals surface area contributed by atoms with Gasteiger partial charge in [0.25, 0.3) is 0 Å². The molecule has 1 N–H and O–H groups in total. The Kier molecular flexibility index (Phi) is 6.24. The summed E-state index contributed by atoms with van der Waals surface area (Å²) in [7, 11) is -3.55. The quantitative estimate of drug-likeness (QED) is 0.749. The molecule has 0 heterocycles. The van der Waals surface area contributed by atoms with E-state index >= 15 is 0 Å². The zero-order valence-corrected chi connectivity index (χ0v) is 14.3. The zero-order valence-electron chi connectivity index (χ0n) is 11.9. The van der Waals surface area contributed by atoms with Crippen molar-refractivity contribution < 1.29 is 17.5 Å². The smallest absolute Gasteiger partial charge is 0.215 e. The Labute approximate surface area is 144 Å². The summed E-state index contributed by atoms with van der Waals surface area (Å²) >= 11 is 11.7. The van der Waals surface area contributed by atoms with E-state index in [0.717, 1.165) is 0 Å². The summed E-state index contributed by atoms with van der Waals surface area (Å²) in [6.07, 6.45) is 0. The first-order chi connectivity index (χ1) is 10.9. The number of sulfonamides is 1. The van der Waals surface area contributed by atoms with Gasteiger partial charge in [-0.2, -0.15) is 0 Å². The van der Waals surface area contributed by atoms with Gasteiger partial charge in [0.1, 0.15) is 18.2 Å². The highest BCUT2D eigenvalue weighted by atomic mass is 35.5. The van der Waals surface area contributed by atoms with Crippen LogP contribution < -0.4 is 9.46 Å². The number of rotatable bonds is 7.